The van der Waals surface area contributed by atoms with Crippen molar-refractivity contribution in [3.05, 3.63) is 78.1 Å². The Hall–Kier alpha value is -3.14. The fourth-order valence-electron chi connectivity index (χ4n) is 2.36. The van der Waals surface area contributed by atoms with E-state index in [0.29, 0.717) is 5.56 Å². The molecule has 0 bridgehead atoms. The lowest BCUT2D eigenvalue weighted by Gasteiger charge is -2.12. The number of hydrogen-bond acceptors (Lipinski definition) is 4. The van der Waals surface area contributed by atoms with E-state index >= 15 is 0 Å². The Morgan fingerprint density at radius 3 is 2.29 bits per heavy atom. The Morgan fingerprint density at radius 1 is 0.958 bits per heavy atom. The van der Waals surface area contributed by atoms with E-state index in [0.717, 1.165) is 28.4 Å². The molecule has 1 heterocycles. The van der Waals surface area contributed by atoms with E-state index in [1.54, 1.807) is 31.5 Å². The second-order valence-electron chi connectivity index (χ2n) is 5.54. The van der Waals surface area contributed by atoms with E-state index in [-0.39, 0.29) is 5.78 Å². The van der Waals surface area contributed by atoms with Gasteiger partial charge in [-0.25, -0.2) is 0 Å². The van der Waals surface area contributed by atoms with Gasteiger partial charge in [0, 0.05) is 29.3 Å². The zero-order valence-electron chi connectivity index (χ0n) is 13.6. The quantitative estimate of drug-likeness (QED) is 0.663. The van der Waals surface area contributed by atoms with Crippen molar-refractivity contribution in [2.75, 3.05) is 5.32 Å². The first-order valence-electron chi connectivity index (χ1n) is 7.68. The molecule has 3 aromatic rings. The molecule has 0 fully saturated rings. The summed E-state index contributed by atoms with van der Waals surface area (Å²) in [6.45, 7) is 3.55. The maximum Gasteiger partial charge on any atom is 0.161 e. The number of pyridine rings is 1. The summed E-state index contributed by atoms with van der Waals surface area (Å²) in [5.41, 5.74) is 3.44. The average Bonchev–Trinajstić information content (AvgIpc) is 2.59. The highest BCUT2D eigenvalue weighted by Gasteiger charge is 2.08. The molecule has 0 saturated carbocycles. The minimum atomic E-state index is 0.0406. The van der Waals surface area contributed by atoms with Crippen LogP contribution in [0.3, 0.4) is 0 Å². The Labute approximate surface area is 141 Å². The van der Waals surface area contributed by atoms with Crippen LogP contribution in [-0.2, 0) is 0 Å². The molecule has 0 saturated heterocycles. The predicted molar refractivity (Wildman–Crippen MR) is 95.2 cm³/mol. The maximum absolute atomic E-state index is 11.8. The Morgan fingerprint density at radius 2 is 1.62 bits per heavy atom. The summed E-state index contributed by atoms with van der Waals surface area (Å²) in [4.78, 5) is 15.8. The topological polar surface area (TPSA) is 51.2 Å². The van der Waals surface area contributed by atoms with Crippen molar-refractivity contribution < 1.29 is 9.53 Å². The third-order valence-electron chi connectivity index (χ3n) is 3.57. The second-order valence-corrected chi connectivity index (χ2v) is 5.54. The number of rotatable bonds is 5. The van der Waals surface area contributed by atoms with Gasteiger partial charge >= 0.3 is 0 Å². The monoisotopic (exact) mass is 318 g/mol. The molecule has 1 N–H and O–H groups in total. The maximum atomic E-state index is 11.8. The predicted octanol–water partition coefficient (Wildman–Crippen LogP) is 5.13. The van der Waals surface area contributed by atoms with Gasteiger partial charge in [0.1, 0.15) is 11.5 Å². The van der Waals surface area contributed by atoms with Crippen molar-refractivity contribution in [3.8, 4) is 11.5 Å². The zero-order chi connectivity index (χ0) is 16.9. The largest absolute Gasteiger partial charge is 0.457 e. The van der Waals surface area contributed by atoms with Gasteiger partial charge in [-0.05, 0) is 62.4 Å². The van der Waals surface area contributed by atoms with Gasteiger partial charge in [0.25, 0.3) is 0 Å². The molecule has 4 heteroatoms. The van der Waals surface area contributed by atoms with Crippen LogP contribution in [0.15, 0.2) is 67.0 Å². The number of anilines is 2. The zero-order valence-corrected chi connectivity index (χ0v) is 13.6. The van der Waals surface area contributed by atoms with E-state index in [2.05, 4.69) is 10.3 Å². The molecule has 24 heavy (non-hydrogen) atoms. The van der Waals surface area contributed by atoms with Gasteiger partial charge in [-0.2, -0.15) is 0 Å². The van der Waals surface area contributed by atoms with Gasteiger partial charge in [-0.15, -0.1) is 0 Å². The van der Waals surface area contributed by atoms with Gasteiger partial charge in [0.15, 0.2) is 5.78 Å². The molecule has 0 aliphatic carbocycles. The number of nitrogens with zero attached hydrogens (tertiary/aromatic N) is 1. The van der Waals surface area contributed by atoms with E-state index in [4.69, 9.17) is 4.74 Å². The summed E-state index contributed by atoms with van der Waals surface area (Å²) in [5, 5.41) is 3.29. The molecule has 120 valence electrons. The van der Waals surface area contributed by atoms with Gasteiger partial charge in [0.2, 0.25) is 0 Å². The Balaban J connectivity index is 1.76. The third-order valence-corrected chi connectivity index (χ3v) is 3.57. The van der Waals surface area contributed by atoms with Crippen molar-refractivity contribution in [3.63, 3.8) is 0 Å². The molecule has 0 unspecified atom stereocenters. The number of ketones is 1. The number of ether oxygens (including phenoxy) is 1. The summed E-state index contributed by atoms with van der Waals surface area (Å²) >= 11 is 0. The summed E-state index contributed by atoms with van der Waals surface area (Å²) < 4.78 is 5.74. The molecule has 0 atom stereocenters. The summed E-state index contributed by atoms with van der Waals surface area (Å²) in [6, 6.07) is 17.0. The van der Waals surface area contributed by atoms with Crippen molar-refractivity contribution in [1.29, 1.82) is 0 Å². The fraction of sp³-hybridized carbons (Fsp3) is 0.100. The van der Waals surface area contributed by atoms with Crippen LogP contribution in [0.1, 0.15) is 22.8 Å². The van der Waals surface area contributed by atoms with Gasteiger partial charge < -0.3 is 10.1 Å². The first-order chi connectivity index (χ1) is 11.6. The molecule has 0 radical (unpaired) electrons. The van der Waals surface area contributed by atoms with Crippen LogP contribution in [0.4, 0.5) is 11.4 Å². The van der Waals surface area contributed by atoms with Gasteiger partial charge in [-0.1, -0.05) is 11.6 Å². The number of nitrogens with one attached hydrogen (secondary N) is 1. The minimum absolute atomic E-state index is 0.0406. The number of aromatic nitrogens is 1. The normalized spacial score (nSPS) is 10.2. The number of benzene rings is 2. The van der Waals surface area contributed by atoms with Crippen LogP contribution in [-0.4, -0.2) is 10.8 Å². The number of hydrogen-bond donors (Lipinski definition) is 1. The van der Waals surface area contributed by atoms with Crippen molar-refractivity contribution in [2.45, 2.75) is 13.8 Å². The first-order valence-corrected chi connectivity index (χ1v) is 7.68. The number of aryl methyl sites for hydroxylation is 1. The summed E-state index contributed by atoms with van der Waals surface area (Å²) in [7, 11) is 0. The highest BCUT2D eigenvalue weighted by molar-refractivity contribution is 6.00. The van der Waals surface area contributed by atoms with Gasteiger partial charge in [-0.3, -0.25) is 9.78 Å². The smallest absolute Gasteiger partial charge is 0.161 e. The second kappa shape index (κ2) is 6.96. The van der Waals surface area contributed by atoms with E-state index in [1.807, 2.05) is 49.4 Å². The highest BCUT2D eigenvalue weighted by Crippen LogP contribution is 2.26. The van der Waals surface area contributed by atoms with Crippen LogP contribution in [0, 0.1) is 6.92 Å². The van der Waals surface area contributed by atoms with E-state index in [9.17, 15) is 4.79 Å². The Kier molecular flexibility index (Phi) is 4.57. The lowest BCUT2D eigenvalue weighted by Crippen LogP contribution is -2.01. The number of carbonyl (C=O) groups excluding carboxylic acids is 1. The average molecular weight is 318 g/mol. The molecular weight excluding hydrogens is 300 g/mol. The molecule has 3 rings (SSSR count). The molecule has 1 aromatic heterocycles. The summed E-state index contributed by atoms with van der Waals surface area (Å²) in [5.74, 6) is 1.52. The molecule has 4 nitrogen and oxygen atoms in total. The molecule has 0 amide bonds. The van der Waals surface area contributed by atoms with Crippen molar-refractivity contribution in [1.82, 2.24) is 4.98 Å². The summed E-state index contributed by atoms with van der Waals surface area (Å²) in [6.07, 6.45) is 3.37. The van der Waals surface area contributed by atoms with Crippen LogP contribution >= 0.6 is 0 Å². The molecule has 0 aliphatic heterocycles. The lowest BCUT2D eigenvalue weighted by molar-refractivity contribution is 0.101. The Bertz CT molecular complexity index is 843. The number of carbonyl (C=O) groups is 1. The van der Waals surface area contributed by atoms with Crippen molar-refractivity contribution in [2.24, 2.45) is 0 Å². The fourth-order valence-corrected chi connectivity index (χ4v) is 2.36. The van der Waals surface area contributed by atoms with Crippen LogP contribution in [0.2, 0.25) is 0 Å². The standard InChI is InChI=1S/C20H18N2O2/c1-14-3-8-20(19(13-14)15(2)23)22-16-4-6-17(7-5-16)24-18-9-11-21-12-10-18/h3-13,22H,1-2H3. The van der Waals surface area contributed by atoms with Crippen LogP contribution in [0.5, 0.6) is 11.5 Å². The third kappa shape index (κ3) is 3.79. The van der Waals surface area contributed by atoms with Gasteiger partial charge in [0.05, 0.1) is 0 Å². The van der Waals surface area contributed by atoms with E-state index < -0.39 is 0 Å². The van der Waals surface area contributed by atoms with E-state index in [1.165, 1.54) is 0 Å². The molecule has 2 aromatic carbocycles. The van der Waals surface area contributed by atoms with Crippen LogP contribution in [0.25, 0.3) is 0 Å². The molecule has 0 spiro atoms. The first kappa shape index (κ1) is 15.7. The minimum Gasteiger partial charge on any atom is -0.457 e. The lowest BCUT2D eigenvalue weighted by atomic mass is 10.1. The van der Waals surface area contributed by atoms with Crippen molar-refractivity contribution >= 4 is 17.2 Å². The highest BCUT2D eigenvalue weighted by atomic mass is 16.5. The van der Waals surface area contributed by atoms with Crippen LogP contribution < -0.4 is 10.1 Å². The number of Topliss-reactive ketones (excluding diaryl/α,β-unsaturated/α-hetero) is 1. The molecular formula is C20H18N2O2. The SMILES string of the molecule is CC(=O)c1cc(C)ccc1Nc1ccc(Oc2ccncc2)cc1. The molecule has 0 aliphatic rings.